The number of carbonyl (C=O) groups is 1. The maximum absolute atomic E-state index is 13.6. The molecule has 0 bridgehead atoms. The minimum absolute atomic E-state index is 0.0263. The molecule has 92 valence electrons. The first-order valence-electron chi connectivity index (χ1n) is 5.07. The average Bonchev–Trinajstić information content (AvgIpc) is 2.69. The minimum atomic E-state index is -1.02. The van der Waals surface area contributed by atoms with E-state index in [1.165, 1.54) is 11.0 Å². The fourth-order valence-electron chi connectivity index (χ4n) is 1.76. The maximum Gasteiger partial charge on any atom is 0.256 e. The number of hydrogen-bond donors (Lipinski definition) is 0. The molecule has 0 radical (unpaired) electrons. The van der Waals surface area contributed by atoms with Gasteiger partial charge in [0.05, 0.1) is 17.1 Å². The normalized spacial score (nSPS) is 19.8. The van der Waals surface area contributed by atoms with E-state index in [2.05, 4.69) is 15.9 Å². The molecule has 1 aliphatic heterocycles. The highest BCUT2D eigenvalue weighted by molar-refractivity contribution is 9.10. The van der Waals surface area contributed by atoms with Crippen LogP contribution in [0.15, 0.2) is 16.6 Å². The summed E-state index contributed by atoms with van der Waals surface area (Å²) in [7, 11) is 0. The highest BCUT2D eigenvalue weighted by atomic mass is 79.9. The fourth-order valence-corrected chi connectivity index (χ4v) is 2.25. The van der Waals surface area contributed by atoms with Gasteiger partial charge in [-0.3, -0.25) is 4.79 Å². The van der Waals surface area contributed by atoms with Crippen LogP contribution in [0.25, 0.3) is 0 Å². The molecule has 1 aromatic rings. The number of likely N-dealkylation sites (tertiary alicyclic amines) is 1. The second-order valence-electron chi connectivity index (χ2n) is 3.88. The molecule has 1 saturated heterocycles. The van der Waals surface area contributed by atoms with Gasteiger partial charge in [-0.2, -0.15) is 0 Å². The number of hydrogen-bond acceptors (Lipinski definition) is 1. The molecule has 1 atom stereocenters. The molecule has 0 N–H and O–H groups in total. The molecule has 1 amide bonds. The van der Waals surface area contributed by atoms with Crippen LogP contribution in [0.1, 0.15) is 16.8 Å². The largest absolute Gasteiger partial charge is 0.336 e. The van der Waals surface area contributed by atoms with Gasteiger partial charge >= 0.3 is 0 Å². The second kappa shape index (κ2) is 4.90. The van der Waals surface area contributed by atoms with Crippen LogP contribution in [-0.4, -0.2) is 30.1 Å². The van der Waals surface area contributed by atoms with E-state index in [0.717, 1.165) is 6.07 Å². The Bertz CT molecular complexity index is 469. The van der Waals surface area contributed by atoms with E-state index in [-0.39, 0.29) is 17.1 Å². The Morgan fingerprint density at radius 3 is 2.82 bits per heavy atom. The first-order chi connectivity index (χ1) is 7.99. The quantitative estimate of drug-likeness (QED) is 0.725. The third-order valence-electron chi connectivity index (χ3n) is 2.66. The van der Waals surface area contributed by atoms with Crippen LogP contribution in [0.3, 0.4) is 0 Å². The summed E-state index contributed by atoms with van der Waals surface area (Å²) in [6.45, 7) is 0.345. The molecule has 6 heteroatoms. The van der Waals surface area contributed by atoms with Crippen molar-refractivity contribution in [1.29, 1.82) is 0 Å². The van der Waals surface area contributed by atoms with E-state index in [0.29, 0.717) is 17.4 Å². The van der Waals surface area contributed by atoms with Gasteiger partial charge in [0, 0.05) is 11.0 Å². The molecule has 2 rings (SSSR count). The second-order valence-corrected chi connectivity index (χ2v) is 5.14. The molecule has 1 heterocycles. The lowest BCUT2D eigenvalue weighted by Crippen LogP contribution is -2.29. The molecule has 1 aromatic carbocycles. The molecule has 2 nitrogen and oxygen atoms in total. The molecule has 0 unspecified atom stereocenters. The van der Waals surface area contributed by atoms with Crippen molar-refractivity contribution in [1.82, 2.24) is 4.90 Å². The zero-order chi connectivity index (χ0) is 12.6. The first-order valence-corrected chi connectivity index (χ1v) is 6.24. The van der Waals surface area contributed by atoms with Gasteiger partial charge in [-0.25, -0.2) is 8.78 Å². The Morgan fingerprint density at radius 1 is 1.53 bits per heavy atom. The third-order valence-corrected chi connectivity index (χ3v) is 3.86. The van der Waals surface area contributed by atoms with E-state index < -0.39 is 17.9 Å². The topological polar surface area (TPSA) is 20.3 Å². The zero-order valence-electron chi connectivity index (χ0n) is 8.72. The molecular formula is C11H9BrClF2NO. The van der Waals surface area contributed by atoms with Crippen LogP contribution in [0.4, 0.5) is 8.78 Å². The van der Waals surface area contributed by atoms with E-state index in [1.54, 1.807) is 0 Å². The van der Waals surface area contributed by atoms with Crippen molar-refractivity contribution in [3.63, 3.8) is 0 Å². The molecule has 17 heavy (non-hydrogen) atoms. The highest BCUT2D eigenvalue weighted by Crippen LogP contribution is 2.27. The summed E-state index contributed by atoms with van der Waals surface area (Å²) in [5, 5.41) is 0.198. The number of rotatable bonds is 1. The summed E-state index contributed by atoms with van der Waals surface area (Å²) in [5.41, 5.74) is -0.0876. The highest BCUT2D eigenvalue weighted by Gasteiger charge is 2.28. The van der Waals surface area contributed by atoms with E-state index >= 15 is 0 Å². The van der Waals surface area contributed by atoms with Gasteiger partial charge in [-0.15, -0.1) is 0 Å². The van der Waals surface area contributed by atoms with Gasteiger partial charge in [0.1, 0.15) is 12.0 Å². The summed E-state index contributed by atoms with van der Waals surface area (Å²) in [6, 6.07) is 2.40. The summed E-state index contributed by atoms with van der Waals surface area (Å²) in [4.78, 5) is 13.2. The molecular weight excluding hydrogens is 315 g/mol. The summed E-state index contributed by atoms with van der Waals surface area (Å²) < 4.78 is 27.0. The molecule has 0 spiro atoms. The van der Waals surface area contributed by atoms with Crippen LogP contribution in [0.2, 0.25) is 5.02 Å². The third kappa shape index (κ3) is 2.60. The van der Waals surface area contributed by atoms with Gasteiger partial charge in [0.2, 0.25) is 0 Å². The minimum Gasteiger partial charge on any atom is -0.336 e. The van der Waals surface area contributed by atoms with Crippen LogP contribution < -0.4 is 0 Å². The summed E-state index contributed by atoms with van der Waals surface area (Å²) in [5.74, 6) is -1.19. The maximum atomic E-state index is 13.6. The lowest BCUT2D eigenvalue weighted by atomic mass is 10.2. The number of carbonyl (C=O) groups excluding carboxylic acids is 1. The van der Waals surface area contributed by atoms with Gasteiger partial charge in [-0.1, -0.05) is 11.6 Å². The standard InChI is InChI=1S/C11H9BrClF2NO/c12-8-3-7(10(15)4-9(8)13)11(17)16-2-1-6(14)5-16/h3-4,6H,1-2,5H2/t6-/m1/s1. The first kappa shape index (κ1) is 12.8. The van der Waals surface area contributed by atoms with Crippen LogP contribution in [-0.2, 0) is 0 Å². The van der Waals surface area contributed by atoms with Gasteiger partial charge in [0.15, 0.2) is 0 Å². The molecule has 0 saturated carbocycles. The van der Waals surface area contributed by atoms with Gasteiger partial charge in [-0.05, 0) is 34.5 Å². The number of alkyl halides is 1. The SMILES string of the molecule is O=C(c1cc(Br)c(Cl)cc1F)N1CC[C@@H](F)C1. The van der Waals surface area contributed by atoms with Crippen molar-refractivity contribution >= 4 is 33.4 Å². The average molecular weight is 325 g/mol. The van der Waals surface area contributed by atoms with Crippen molar-refractivity contribution in [3.05, 3.63) is 33.0 Å². The Balaban J connectivity index is 2.28. The van der Waals surface area contributed by atoms with E-state index in [9.17, 15) is 13.6 Å². The zero-order valence-corrected chi connectivity index (χ0v) is 11.1. The van der Waals surface area contributed by atoms with E-state index in [4.69, 9.17) is 11.6 Å². The van der Waals surface area contributed by atoms with Crippen molar-refractivity contribution in [2.24, 2.45) is 0 Å². The lowest BCUT2D eigenvalue weighted by Gasteiger charge is -2.16. The molecule has 1 aliphatic rings. The Labute approximate surface area is 111 Å². The van der Waals surface area contributed by atoms with Crippen molar-refractivity contribution in [3.8, 4) is 0 Å². The van der Waals surface area contributed by atoms with Crippen LogP contribution in [0.5, 0.6) is 0 Å². The van der Waals surface area contributed by atoms with E-state index in [1.807, 2.05) is 0 Å². The fraction of sp³-hybridized carbons (Fsp3) is 0.364. The number of amides is 1. The summed E-state index contributed by atoms with van der Waals surface area (Å²) in [6.07, 6.45) is -0.708. The van der Waals surface area contributed by atoms with Gasteiger partial charge in [0.25, 0.3) is 5.91 Å². The van der Waals surface area contributed by atoms with Crippen molar-refractivity contribution < 1.29 is 13.6 Å². The lowest BCUT2D eigenvalue weighted by molar-refractivity contribution is 0.0778. The number of nitrogens with zero attached hydrogens (tertiary/aromatic N) is 1. The smallest absolute Gasteiger partial charge is 0.256 e. The predicted octanol–water partition coefficient (Wildman–Crippen LogP) is 3.43. The summed E-state index contributed by atoms with van der Waals surface area (Å²) >= 11 is 8.83. The number of benzene rings is 1. The molecule has 0 aliphatic carbocycles. The molecule has 1 fully saturated rings. The Morgan fingerprint density at radius 2 is 2.24 bits per heavy atom. The van der Waals surface area contributed by atoms with Crippen LogP contribution in [0, 0.1) is 5.82 Å². The van der Waals surface area contributed by atoms with Crippen molar-refractivity contribution in [2.45, 2.75) is 12.6 Å². The monoisotopic (exact) mass is 323 g/mol. The van der Waals surface area contributed by atoms with Gasteiger partial charge < -0.3 is 4.90 Å². The Hall–Kier alpha value is -0.680. The predicted molar refractivity (Wildman–Crippen MR) is 64.5 cm³/mol. The molecule has 0 aromatic heterocycles. The van der Waals surface area contributed by atoms with Crippen LogP contribution >= 0.6 is 27.5 Å². The number of halogens is 4. The van der Waals surface area contributed by atoms with Crippen molar-refractivity contribution in [2.75, 3.05) is 13.1 Å². The Kier molecular flexibility index (Phi) is 3.68.